The van der Waals surface area contributed by atoms with Crippen molar-refractivity contribution >= 4 is 35.9 Å². The first-order valence-electron chi connectivity index (χ1n) is 12.0. The molecule has 0 aliphatic rings. The smallest absolute Gasteiger partial charge is 0.408 e. The average molecular weight is 519 g/mol. The third-order valence-electron chi connectivity index (χ3n) is 5.07. The number of carbonyl (C=O) groups is 5. The summed E-state index contributed by atoms with van der Waals surface area (Å²) in [4.78, 5) is 64.1. The quantitative estimate of drug-likeness (QED) is 0.337. The Labute approximate surface area is 217 Å². The number of ether oxygens (including phenoxy) is 2. The fraction of sp³-hybridized carbons (Fsp3) is 0.500. The Bertz CT molecular complexity index is 987. The van der Waals surface area contributed by atoms with E-state index in [-0.39, 0.29) is 19.4 Å². The summed E-state index contributed by atoms with van der Waals surface area (Å²) in [7, 11) is 1.19. The predicted molar refractivity (Wildman–Crippen MR) is 138 cm³/mol. The lowest BCUT2D eigenvalue weighted by Gasteiger charge is -2.34. The number of primary amides is 1. The first-order valence-corrected chi connectivity index (χ1v) is 12.0. The Kier molecular flexibility index (Phi) is 12.3. The van der Waals surface area contributed by atoms with Crippen molar-refractivity contribution in [1.82, 2.24) is 15.5 Å². The van der Waals surface area contributed by atoms with E-state index in [0.717, 1.165) is 0 Å². The van der Waals surface area contributed by atoms with Crippen molar-refractivity contribution in [1.29, 1.82) is 0 Å². The van der Waals surface area contributed by atoms with E-state index < -0.39 is 54.0 Å². The second-order valence-electron chi connectivity index (χ2n) is 9.31. The van der Waals surface area contributed by atoms with E-state index in [4.69, 9.17) is 10.5 Å². The topological polar surface area (TPSA) is 157 Å². The number of methoxy groups -OCH3 is 1. The van der Waals surface area contributed by atoms with Crippen LogP contribution in [0.1, 0.15) is 64.1 Å². The molecule has 4 N–H and O–H groups in total. The van der Waals surface area contributed by atoms with Gasteiger partial charge < -0.3 is 30.7 Å². The van der Waals surface area contributed by atoms with Crippen molar-refractivity contribution in [2.75, 3.05) is 20.2 Å². The SMILES string of the molecule is C=Cc1cccc(C(C(=O)NCC(=O)OC)N(CCC)C(=O)C(CCC(N)=O)NC(=O)OC(C)(C)C)c1. The van der Waals surface area contributed by atoms with Gasteiger partial charge in [-0.1, -0.05) is 37.8 Å². The number of nitrogens with two attached hydrogens (primary N) is 1. The maximum absolute atomic E-state index is 13.8. The van der Waals surface area contributed by atoms with Crippen LogP contribution < -0.4 is 16.4 Å². The minimum atomic E-state index is -1.20. The second-order valence-corrected chi connectivity index (χ2v) is 9.31. The second kappa shape index (κ2) is 14.6. The number of amides is 4. The van der Waals surface area contributed by atoms with Crippen molar-refractivity contribution < 1.29 is 33.4 Å². The van der Waals surface area contributed by atoms with Crippen LogP contribution in [0.3, 0.4) is 0 Å². The molecule has 204 valence electrons. The average Bonchev–Trinajstić information content (AvgIpc) is 2.83. The fourth-order valence-electron chi connectivity index (χ4n) is 3.46. The van der Waals surface area contributed by atoms with Crippen LogP contribution in [0.15, 0.2) is 30.8 Å². The first kappa shape index (κ1) is 31.1. The van der Waals surface area contributed by atoms with Gasteiger partial charge in [0.15, 0.2) is 0 Å². The Morgan fingerprint density at radius 2 is 1.86 bits per heavy atom. The number of hydrogen-bond acceptors (Lipinski definition) is 7. The Hall–Kier alpha value is -3.89. The molecule has 0 saturated heterocycles. The van der Waals surface area contributed by atoms with E-state index in [1.165, 1.54) is 12.0 Å². The molecule has 1 aromatic carbocycles. The van der Waals surface area contributed by atoms with Crippen molar-refractivity contribution in [3.63, 3.8) is 0 Å². The summed E-state index contributed by atoms with van der Waals surface area (Å²) < 4.78 is 9.89. The van der Waals surface area contributed by atoms with Crippen molar-refractivity contribution in [2.45, 2.75) is 64.6 Å². The molecule has 4 amide bonds. The lowest BCUT2D eigenvalue weighted by molar-refractivity contribution is -0.144. The molecule has 0 aromatic heterocycles. The van der Waals surface area contributed by atoms with Crippen molar-refractivity contribution in [2.24, 2.45) is 5.73 Å². The van der Waals surface area contributed by atoms with Gasteiger partial charge in [0.05, 0.1) is 7.11 Å². The number of benzene rings is 1. The highest BCUT2D eigenvalue weighted by Gasteiger charge is 2.36. The van der Waals surface area contributed by atoms with Gasteiger partial charge in [-0.05, 0) is 50.8 Å². The number of esters is 1. The highest BCUT2D eigenvalue weighted by Crippen LogP contribution is 2.25. The molecule has 0 aliphatic heterocycles. The van der Waals surface area contributed by atoms with Gasteiger partial charge in [-0.3, -0.25) is 19.2 Å². The van der Waals surface area contributed by atoms with Crippen molar-refractivity contribution in [3.8, 4) is 0 Å². The van der Waals surface area contributed by atoms with Gasteiger partial charge in [0.2, 0.25) is 17.7 Å². The van der Waals surface area contributed by atoms with Crippen LogP contribution in [-0.4, -0.2) is 66.5 Å². The molecule has 37 heavy (non-hydrogen) atoms. The van der Waals surface area contributed by atoms with E-state index in [1.54, 1.807) is 51.1 Å². The van der Waals surface area contributed by atoms with Gasteiger partial charge in [0.1, 0.15) is 24.2 Å². The van der Waals surface area contributed by atoms with Crippen LogP contribution in [0.5, 0.6) is 0 Å². The summed E-state index contributed by atoms with van der Waals surface area (Å²) in [5.41, 5.74) is 5.65. The lowest BCUT2D eigenvalue weighted by Crippen LogP contribution is -2.53. The van der Waals surface area contributed by atoms with E-state index in [2.05, 4.69) is 21.9 Å². The molecule has 0 spiro atoms. The minimum Gasteiger partial charge on any atom is -0.468 e. The predicted octanol–water partition coefficient (Wildman–Crippen LogP) is 2.06. The monoisotopic (exact) mass is 518 g/mol. The number of alkyl carbamates (subject to hydrolysis) is 1. The summed E-state index contributed by atoms with van der Waals surface area (Å²) in [6.45, 7) is 10.3. The summed E-state index contributed by atoms with van der Waals surface area (Å²) in [6.07, 6.45) is 0.933. The highest BCUT2D eigenvalue weighted by atomic mass is 16.6. The molecule has 2 atom stereocenters. The van der Waals surface area contributed by atoms with E-state index in [9.17, 15) is 24.0 Å². The molecule has 0 aliphatic carbocycles. The molecule has 0 radical (unpaired) electrons. The number of rotatable bonds is 13. The van der Waals surface area contributed by atoms with Crippen LogP contribution in [0.4, 0.5) is 4.79 Å². The van der Waals surface area contributed by atoms with E-state index in [1.807, 2.05) is 6.92 Å². The maximum Gasteiger partial charge on any atom is 0.408 e. The zero-order chi connectivity index (χ0) is 28.2. The summed E-state index contributed by atoms with van der Waals surface area (Å²) in [5, 5.41) is 5.02. The maximum atomic E-state index is 13.8. The zero-order valence-electron chi connectivity index (χ0n) is 22.2. The third-order valence-corrected chi connectivity index (χ3v) is 5.07. The summed E-state index contributed by atoms with van der Waals surface area (Å²) in [5.74, 6) is -2.56. The van der Waals surface area contributed by atoms with E-state index >= 15 is 0 Å². The standard InChI is InChI=1S/C26H38N4O7/c1-7-14-30(24(34)19(12-13-20(27)31)29-25(35)37-26(3,4)5)22(23(33)28-16-21(32)36-6)18-11-9-10-17(8-2)15-18/h8-11,15,19,22H,2,7,12-14,16H2,1,3-6H3,(H2,27,31)(H,28,33)(H,29,35). The number of hydrogen-bond donors (Lipinski definition) is 3. The zero-order valence-corrected chi connectivity index (χ0v) is 22.2. The molecular weight excluding hydrogens is 480 g/mol. The number of nitrogens with one attached hydrogen (secondary N) is 2. The van der Waals surface area contributed by atoms with Crippen LogP contribution in [-0.2, 0) is 28.7 Å². The summed E-state index contributed by atoms with van der Waals surface area (Å²) >= 11 is 0. The van der Waals surface area contributed by atoms with Crippen LogP contribution >= 0.6 is 0 Å². The fourth-order valence-corrected chi connectivity index (χ4v) is 3.46. The van der Waals surface area contributed by atoms with Gasteiger partial charge in [0, 0.05) is 13.0 Å². The van der Waals surface area contributed by atoms with Crippen LogP contribution in [0, 0.1) is 0 Å². The van der Waals surface area contributed by atoms with Gasteiger partial charge in [-0.15, -0.1) is 0 Å². The normalized spacial score (nSPS) is 12.5. The Balaban J connectivity index is 3.48. The Morgan fingerprint density at radius 3 is 2.41 bits per heavy atom. The molecule has 11 nitrogen and oxygen atoms in total. The molecule has 1 rings (SSSR count). The molecule has 0 saturated carbocycles. The Morgan fingerprint density at radius 1 is 1.19 bits per heavy atom. The molecule has 2 unspecified atom stereocenters. The summed E-state index contributed by atoms with van der Waals surface area (Å²) in [6, 6.07) is 4.51. The first-order chi connectivity index (χ1) is 17.3. The molecule has 1 aromatic rings. The molecular formula is C26H38N4O7. The molecule has 0 heterocycles. The van der Waals surface area contributed by atoms with E-state index in [0.29, 0.717) is 17.5 Å². The van der Waals surface area contributed by atoms with Crippen LogP contribution in [0.25, 0.3) is 6.08 Å². The number of carbonyl (C=O) groups excluding carboxylic acids is 5. The lowest BCUT2D eigenvalue weighted by atomic mass is 9.99. The largest absolute Gasteiger partial charge is 0.468 e. The van der Waals surface area contributed by atoms with Gasteiger partial charge in [0.25, 0.3) is 0 Å². The van der Waals surface area contributed by atoms with Crippen LogP contribution in [0.2, 0.25) is 0 Å². The van der Waals surface area contributed by atoms with Crippen molar-refractivity contribution in [3.05, 3.63) is 42.0 Å². The third kappa shape index (κ3) is 10.7. The molecule has 11 heteroatoms. The highest BCUT2D eigenvalue weighted by molar-refractivity contribution is 5.93. The molecule has 0 fully saturated rings. The van der Waals surface area contributed by atoms with Gasteiger partial charge in [-0.25, -0.2) is 4.79 Å². The van der Waals surface area contributed by atoms with Gasteiger partial charge in [-0.2, -0.15) is 0 Å². The number of nitrogens with zero attached hydrogens (tertiary/aromatic N) is 1. The molecule has 0 bridgehead atoms. The minimum absolute atomic E-state index is 0.100. The van der Waals surface area contributed by atoms with Gasteiger partial charge >= 0.3 is 12.1 Å².